The van der Waals surface area contributed by atoms with E-state index in [1.807, 2.05) is 0 Å². The van der Waals surface area contributed by atoms with E-state index in [-0.39, 0.29) is 0 Å². The van der Waals surface area contributed by atoms with Gasteiger partial charge in [-0.3, -0.25) is 0 Å². The van der Waals surface area contributed by atoms with Crippen molar-refractivity contribution in [3.05, 3.63) is 23.0 Å². The second-order valence-electron chi connectivity index (χ2n) is 3.16. The van der Waals surface area contributed by atoms with Crippen molar-refractivity contribution in [2.45, 2.75) is 18.7 Å². The van der Waals surface area contributed by atoms with Crippen molar-refractivity contribution in [2.75, 3.05) is 0 Å². The number of ether oxygens (including phenoxy) is 1. The van der Waals surface area contributed by atoms with Crippen LogP contribution in [0.1, 0.15) is 28.0 Å². The maximum absolute atomic E-state index is 12.8. The number of alkyl halides is 6. The Kier molecular flexibility index (Phi) is 4.51. The number of carboxylic acids is 1. The largest absolute Gasteiger partial charge is 0.573 e. The van der Waals surface area contributed by atoms with E-state index in [9.17, 15) is 26.7 Å². The highest BCUT2D eigenvalue weighted by atomic mass is 35.5. The Morgan fingerprint density at radius 3 is 2.42 bits per heavy atom. The molecule has 4 nitrogen and oxygen atoms in total. The van der Waals surface area contributed by atoms with E-state index >= 15 is 0 Å². The Hall–Kier alpha value is -1.64. The minimum Gasteiger partial charge on any atom is -0.476 e. The maximum atomic E-state index is 12.8. The summed E-state index contributed by atoms with van der Waals surface area (Å²) >= 11 is 5.29. The van der Waals surface area contributed by atoms with Gasteiger partial charge < -0.3 is 9.84 Å². The lowest BCUT2D eigenvalue weighted by Crippen LogP contribution is -2.21. The number of carbonyl (C=O) groups is 1. The third-order valence-electron chi connectivity index (χ3n) is 1.94. The normalized spacial score (nSPS) is 11.7. The lowest BCUT2D eigenvalue weighted by Gasteiger charge is -2.16. The van der Waals surface area contributed by atoms with Crippen LogP contribution >= 0.6 is 11.6 Å². The molecule has 0 aromatic carbocycles. The molecule has 0 bridgehead atoms. The maximum Gasteiger partial charge on any atom is 0.573 e. The van der Waals surface area contributed by atoms with Crippen molar-refractivity contribution in [3.8, 4) is 5.75 Å². The van der Waals surface area contributed by atoms with E-state index in [0.29, 0.717) is 6.20 Å². The first-order chi connectivity index (χ1) is 8.67. The molecule has 1 aromatic rings. The molecule has 106 valence electrons. The van der Waals surface area contributed by atoms with Crippen LogP contribution in [0, 0.1) is 0 Å². The summed E-state index contributed by atoms with van der Waals surface area (Å²) in [6.07, 6.45) is -8.06. The molecule has 1 heterocycles. The summed E-state index contributed by atoms with van der Waals surface area (Å²) in [5.41, 5.74) is -2.94. The number of pyridine rings is 1. The smallest absolute Gasteiger partial charge is 0.476 e. The van der Waals surface area contributed by atoms with Crippen LogP contribution in [0.2, 0.25) is 0 Å². The van der Waals surface area contributed by atoms with Crippen LogP contribution in [0.4, 0.5) is 22.0 Å². The number of hydrogen-bond acceptors (Lipinski definition) is 3. The second-order valence-corrected chi connectivity index (χ2v) is 3.43. The number of hydrogen-bond donors (Lipinski definition) is 1. The first-order valence-corrected chi connectivity index (χ1v) is 5.05. The molecule has 1 aromatic heterocycles. The molecule has 10 heteroatoms. The first-order valence-electron chi connectivity index (χ1n) is 4.52. The number of aromatic carboxylic acids is 1. The molecule has 0 saturated heterocycles. The topological polar surface area (TPSA) is 59.4 Å². The van der Waals surface area contributed by atoms with Crippen LogP contribution in [0.15, 0.2) is 6.20 Å². The average molecular weight is 306 g/mol. The fraction of sp³-hybridized carbons (Fsp3) is 0.333. The standard InChI is InChI=1S/C9H5ClF5NO3/c10-1-3-2-16-5(8(17)18)6(4(3)7(11)12)19-9(13,14)15/h2,7H,1H2,(H,17,18). The molecule has 0 aliphatic rings. The monoisotopic (exact) mass is 305 g/mol. The molecular formula is C9H5ClF5NO3. The van der Waals surface area contributed by atoms with Crippen LogP contribution in [0.3, 0.4) is 0 Å². The molecule has 1 N–H and O–H groups in total. The van der Waals surface area contributed by atoms with Gasteiger partial charge in [0, 0.05) is 12.1 Å². The first kappa shape index (κ1) is 15.4. The number of rotatable bonds is 4. The molecule has 0 atom stereocenters. The van der Waals surface area contributed by atoms with Gasteiger partial charge in [0.05, 0.1) is 5.56 Å². The summed E-state index contributed by atoms with van der Waals surface area (Å²) in [5, 5.41) is 8.64. The molecule has 0 fully saturated rings. The van der Waals surface area contributed by atoms with E-state index in [0.717, 1.165) is 0 Å². The molecule has 1 rings (SSSR count). The Balaban J connectivity index is 3.53. The summed E-state index contributed by atoms with van der Waals surface area (Å²) in [6, 6.07) is 0. The molecule has 0 saturated carbocycles. The van der Waals surface area contributed by atoms with Gasteiger partial charge in [0.2, 0.25) is 0 Å². The van der Waals surface area contributed by atoms with Gasteiger partial charge in [-0.05, 0) is 5.56 Å². The van der Waals surface area contributed by atoms with Crippen LogP contribution in [-0.2, 0) is 5.88 Å². The third-order valence-corrected chi connectivity index (χ3v) is 2.23. The number of carboxylic acid groups (broad SMARTS) is 1. The van der Waals surface area contributed by atoms with Gasteiger partial charge >= 0.3 is 12.3 Å². The minimum absolute atomic E-state index is 0.444. The van der Waals surface area contributed by atoms with Crippen LogP contribution in [0.5, 0.6) is 5.75 Å². The van der Waals surface area contributed by atoms with Gasteiger partial charge in [0.1, 0.15) is 0 Å². The van der Waals surface area contributed by atoms with Crippen molar-refractivity contribution in [1.82, 2.24) is 4.98 Å². The Morgan fingerprint density at radius 1 is 1.47 bits per heavy atom. The minimum atomic E-state index is -5.33. The highest BCUT2D eigenvalue weighted by Crippen LogP contribution is 2.37. The zero-order valence-corrected chi connectivity index (χ0v) is 9.60. The second kappa shape index (κ2) is 5.55. The van der Waals surface area contributed by atoms with Gasteiger partial charge in [-0.2, -0.15) is 0 Å². The van der Waals surface area contributed by atoms with E-state index in [1.54, 1.807) is 0 Å². The van der Waals surface area contributed by atoms with Gasteiger partial charge in [0.25, 0.3) is 6.43 Å². The van der Waals surface area contributed by atoms with Gasteiger partial charge in [-0.25, -0.2) is 18.6 Å². The Morgan fingerprint density at radius 2 is 2.05 bits per heavy atom. The Bertz CT molecular complexity index is 491. The molecule has 19 heavy (non-hydrogen) atoms. The Labute approximate surface area is 107 Å². The van der Waals surface area contributed by atoms with Crippen LogP contribution in [0.25, 0.3) is 0 Å². The van der Waals surface area contributed by atoms with E-state index in [4.69, 9.17) is 16.7 Å². The van der Waals surface area contributed by atoms with Crippen molar-refractivity contribution in [3.63, 3.8) is 0 Å². The van der Waals surface area contributed by atoms with E-state index in [1.165, 1.54) is 0 Å². The lowest BCUT2D eigenvalue weighted by atomic mass is 10.1. The number of aromatic nitrogens is 1. The van der Waals surface area contributed by atoms with Crippen molar-refractivity contribution >= 4 is 17.6 Å². The summed E-state index contributed by atoms with van der Waals surface area (Å²) in [6.45, 7) is 0. The fourth-order valence-electron chi connectivity index (χ4n) is 1.26. The molecule has 0 unspecified atom stereocenters. The van der Waals surface area contributed by atoms with Gasteiger partial charge in [0.15, 0.2) is 11.4 Å². The van der Waals surface area contributed by atoms with Gasteiger partial charge in [-0.1, -0.05) is 0 Å². The van der Waals surface area contributed by atoms with Crippen molar-refractivity contribution in [2.24, 2.45) is 0 Å². The molecule has 0 amide bonds. The average Bonchev–Trinajstić information content (AvgIpc) is 2.25. The summed E-state index contributed by atoms with van der Waals surface area (Å²) in [5.74, 6) is -4.05. The summed E-state index contributed by atoms with van der Waals surface area (Å²) in [7, 11) is 0. The van der Waals surface area contributed by atoms with E-state index < -0.39 is 47.2 Å². The summed E-state index contributed by atoms with van der Waals surface area (Å²) < 4.78 is 65.3. The highest BCUT2D eigenvalue weighted by molar-refractivity contribution is 6.17. The molecule has 0 radical (unpaired) electrons. The molecule has 0 aliphatic carbocycles. The third kappa shape index (κ3) is 3.66. The predicted molar refractivity (Wildman–Crippen MR) is 52.4 cm³/mol. The zero-order valence-electron chi connectivity index (χ0n) is 8.84. The van der Waals surface area contributed by atoms with E-state index in [2.05, 4.69) is 9.72 Å². The quantitative estimate of drug-likeness (QED) is 0.684. The van der Waals surface area contributed by atoms with Gasteiger partial charge in [-0.15, -0.1) is 24.8 Å². The SMILES string of the molecule is O=C(O)c1ncc(CCl)c(C(F)F)c1OC(F)(F)F. The number of nitrogens with zero attached hydrogens (tertiary/aromatic N) is 1. The number of halogens is 6. The fourth-order valence-corrected chi connectivity index (χ4v) is 1.47. The van der Waals surface area contributed by atoms with Crippen LogP contribution in [-0.4, -0.2) is 22.4 Å². The van der Waals surface area contributed by atoms with Crippen molar-refractivity contribution in [1.29, 1.82) is 0 Å². The molecular weight excluding hydrogens is 301 g/mol. The summed E-state index contributed by atoms with van der Waals surface area (Å²) in [4.78, 5) is 13.8. The molecule has 0 aliphatic heterocycles. The molecule has 0 spiro atoms. The van der Waals surface area contributed by atoms with Crippen molar-refractivity contribution < 1.29 is 36.6 Å². The highest BCUT2D eigenvalue weighted by Gasteiger charge is 2.37. The lowest BCUT2D eigenvalue weighted by molar-refractivity contribution is -0.275. The predicted octanol–water partition coefficient (Wildman–Crippen LogP) is 3.35. The van der Waals surface area contributed by atoms with Crippen LogP contribution < -0.4 is 4.74 Å². The zero-order chi connectivity index (χ0) is 14.8.